The van der Waals surface area contributed by atoms with Crippen molar-refractivity contribution in [2.75, 3.05) is 32.7 Å². The normalized spacial score (nSPS) is 29.1. The number of hydrogen-bond donors (Lipinski definition) is 2. The fraction of sp³-hybridized carbons (Fsp3) is 1.00. The lowest BCUT2D eigenvalue weighted by Crippen LogP contribution is -2.51. The van der Waals surface area contributed by atoms with Gasteiger partial charge in [-0.3, -0.25) is 0 Å². The topological polar surface area (TPSA) is 41.3 Å². The smallest absolute Gasteiger partial charge is 0.0198 e. The van der Waals surface area contributed by atoms with Crippen LogP contribution in [0.4, 0.5) is 0 Å². The fourth-order valence-corrected chi connectivity index (χ4v) is 4.38. The van der Waals surface area contributed by atoms with Crippen LogP contribution in [0.15, 0.2) is 0 Å². The highest BCUT2D eigenvalue weighted by molar-refractivity contribution is 4.86. The Kier molecular flexibility index (Phi) is 6.51. The van der Waals surface area contributed by atoms with Gasteiger partial charge in [-0.2, -0.15) is 0 Å². The van der Waals surface area contributed by atoms with Crippen LogP contribution in [-0.2, 0) is 0 Å². The van der Waals surface area contributed by atoms with Crippen LogP contribution in [0.1, 0.15) is 59.3 Å². The second-order valence-electron chi connectivity index (χ2n) is 8.67. The first-order valence-corrected chi connectivity index (χ1v) is 9.12. The molecule has 0 radical (unpaired) electrons. The summed E-state index contributed by atoms with van der Waals surface area (Å²) in [6.45, 7) is 12.6. The van der Waals surface area contributed by atoms with Gasteiger partial charge in [0, 0.05) is 32.2 Å². The Bertz CT molecular complexity index is 291. The van der Waals surface area contributed by atoms with E-state index in [-0.39, 0.29) is 0 Å². The van der Waals surface area contributed by atoms with E-state index in [1.807, 2.05) is 0 Å². The van der Waals surface area contributed by atoms with Crippen LogP contribution in [0.25, 0.3) is 0 Å². The minimum atomic E-state index is 0.437. The van der Waals surface area contributed by atoms with Crippen molar-refractivity contribution in [3.63, 3.8) is 0 Å². The largest absolute Gasteiger partial charge is 0.329 e. The molecule has 1 saturated heterocycles. The molecule has 2 unspecified atom stereocenters. The minimum absolute atomic E-state index is 0.437. The first kappa shape index (κ1) is 17.2. The third kappa shape index (κ3) is 6.25. The molecule has 0 aromatic rings. The van der Waals surface area contributed by atoms with E-state index in [0.29, 0.717) is 11.5 Å². The molecule has 2 aliphatic rings. The quantitative estimate of drug-likeness (QED) is 0.792. The van der Waals surface area contributed by atoms with E-state index in [0.717, 1.165) is 24.9 Å². The Morgan fingerprint density at radius 1 is 1.10 bits per heavy atom. The highest BCUT2D eigenvalue weighted by atomic mass is 15.2. The minimum Gasteiger partial charge on any atom is -0.329 e. The zero-order chi connectivity index (χ0) is 15.3. The molecule has 1 saturated carbocycles. The average molecular weight is 296 g/mol. The number of nitrogens with two attached hydrogens (primary N) is 1. The van der Waals surface area contributed by atoms with Crippen LogP contribution in [0.2, 0.25) is 0 Å². The zero-order valence-corrected chi connectivity index (χ0v) is 14.5. The van der Waals surface area contributed by atoms with E-state index in [9.17, 15) is 0 Å². The maximum absolute atomic E-state index is 5.79. The van der Waals surface area contributed by atoms with Crippen molar-refractivity contribution < 1.29 is 0 Å². The Hall–Kier alpha value is -0.120. The number of rotatable bonds is 6. The van der Waals surface area contributed by atoms with Gasteiger partial charge in [-0.25, -0.2) is 0 Å². The maximum atomic E-state index is 5.79. The van der Waals surface area contributed by atoms with Crippen LogP contribution in [0.3, 0.4) is 0 Å². The van der Waals surface area contributed by atoms with Gasteiger partial charge in [0.2, 0.25) is 0 Å². The van der Waals surface area contributed by atoms with Gasteiger partial charge in [0.1, 0.15) is 0 Å². The molecule has 3 heteroatoms. The average Bonchev–Trinajstić information content (AvgIpc) is 2.87. The van der Waals surface area contributed by atoms with Gasteiger partial charge in [-0.05, 0) is 49.5 Å². The molecule has 21 heavy (non-hydrogen) atoms. The standard InChI is InChI=1S/C18H37N3/c1-18(2,3)11-16-10-17(14-21(13-16)9-8-19)20-12-15-6-4-5-7-15/h15-17,20H,4-14,19H2,1-3H3. The van der Waals surface area contributed by atoms with Gasteiger partial charge >= 0.3 is 0 Å². The Labute approximate surface area is 132 Å². The van der Waals surface area contributed by atoms with Crippen LogP contribution < -0.4 is 11.1 Å². The summed E-state index contributed by atoms with van der Waals surface area (Å²) in [6.07, 6.45) is 8.46. The fourth-order valence-electron chi connectivity index (χ4n) is 4.38. The lowest BCUT2D eigenvalue weighted by molar-refractivity contribution is 0.114. The summed E-state index contributed by atoms with van der Waals surface area (Å²) in [5.74, 6) is 1.77. The van der Waals surface area contributed by atoms with Crippen molar-refractivity contribution in [1.82, 2.24) is 10.2 Å². The second-order valence-corrected chi connectivity index (χ2v) is 8.67. The van der Waals surface area contributed by atoms with Gasteiger partial charge in [0.25, 0.3) is 0 Å². The summed E-state index contributed by atoms with van der Waals surface area (Å²) in [7, 11) is 0. The van der Waals surface area contributed by atoms with Crippen molar-refractivity contribution in [1.29, 1.82) is 0 Å². The molecular weight excluding hydrogens is 258 g/mol. The highest BCUT2D eigenvalue weighted by Gasteiger charge is 2.30. The Balaban J connectivity index is 1.83. The molecule has 2 rings (SSSR count). The first-order chi connectivity index (χ1) is 9.96. The summed E-state index contributed by atoms with van der Waals surface area (Å²) in [5, 5.41) is 3.89. The van der Waals surface area contributed by atoms with Crippen LogP contribution >= 0.6 is 0 Å². The second kappa shape index (κ2) is 7.94. The summed E-state index contributed by atoms with van der Waals surface area (Å²) in [5.41, 5.74) is 6.23. The maximum Gasteiger partial charge on any atom is 0.0198 e. The molecule has 0 aromatic carbocycles. The van der Waals surface area contributed by atoms with E-state index < -0.39 is 0 Å². The molecule has 124 valence electrons. The summed E-state index contributed by atoms with van der Waals surface area (Å²) < 4.78 is 0. The molecule has 1 aliphatic heterocycles. The van der Waals surface area contributed by atoms with Crippen LogP contribution in [-0.4, -0.2) is 43.7 Å². The molecular formula is C18H37N3. The molecule has 0 bridgehead atoms. The lowest BCUT2D eigenvalue weighted by atomic mass is 9.80. The van der Waals surface area contributed by atoms with E-state index in [1.165, 1.54) is 58.2 Å². The molecule has 0 aromatic heterocycles. The van der Waals surface area contributed by atoms with E-state index in [2.05, 4.69) is 31.0 Å². The van der Waals surface area contributed by atoms with Crippen molar-refractivity contribution in [2.45, 2.75) is 65.3 Å². The Morgan fingerprint density at radius 2 is 1.81 bits per heavy atom. The number of piperidine rings is 1. The molecule has 0 amide bonds. The first-order valence-electron chi connectivity index (χ1n) is 9.12. The summed E-state index contributed by atoms with van der Waals surface area (Å²) in [6, 6.07) is 0.679. The van der Waals surface area contributed by atoms with Gasteiger partial charge in [0.05, 0.1) is 0 Å². The van der Waals surface area contributed by atoms with Gasteiger partial charge in [-0.1, -0.05) is 33.6 Å². The van der Waals surface area contributed by atoms with Crippen molar-refractivity contribution >= 4 is 0 Å². The predicted octanol–water partition coefficient (Wildman–Crippen LogP) is 2.85. The molecule has 3 nitrogen and oxygen atoms in total. The highest BCUT2D eigenvalue weighted by Crippen LogP contribution is 2.30. The Morgan fingerprint density at radius 3 is 2.43 bits per heavy atom. The van der Waals surface area contributed by atoms with Gasteiger partial charge in [-0.15, -0.1) is 0 Å². The third-order valence-electron chi connectivity index (χ3n) is 5.13. The van der Waals surface area contributed by atoms with Crippen molar-refractivity contribution in [2.24, 2.45) is 23.0 Å². The van der Waals surface area contributed by atoms with Crippen molar-refractivity contribution in [3.8, 4) is 0 Å². The van der Waals surface area contributed by atoms with Crippen LogP contribution in [0, 0.1) is 17.3 Å². The SMILES string of the molecule is CC(C)(C)CC1CC(NCC2CCCC2)CN(CCN)C1. The summed E-state index contributed by atoms with van der Waals surface area (Å²) >= 11 is 0. The number of nitrogens with zero attached hydrogens (tertiary/aromatic N) is 1. The van der Waals surface area contributed by atoms with E-state index in [4.69, 9.17) is 5.73 Å². The number of likely N-dealkylation sites (tertiary alicyclic amines) is 1. The molecule has 2 atom stereocenters. The zero-order valence-electron chi connectivity index (χ0n) is 14.5. The molecule has 2 fully saturated rings. The third-order valence-corrected chi connectivity index (χ3v) is 5.13. The molecule has 1 heterocycles. The molecule has 3 N–H and O–H groups in total. The number of nitrogens with one attached hydrogen (secondary N) is 1. The van der Waals surface area contributed by atoms with E-state index >= 15 is 0 Å². The van der Waals surface area contributed by atoms with Gasteiger partial charge < -0.3 is 16.0 Å². The lowest BCUT2D eigenvalue weighted by Gasteiger charge is -2.40. The van der Waals surface area contributed by atoms with Crippen molar-refractivity contribution in [3.05, 3.63) is 0 Å². The van der Waals surface area contributed by atoms with E-state index in [1.54, 1.807) is 0 Å². The predicted molar refractivity (Wildman–Crippen MR) is 91.4 cm³/mol. The monoisotopic (exact) mass is 295 g/mol. The van der Waals surface area contributed by atoms with Gasteiger partial charge in [0.15, 0.2) is 0 Å². The summed E-state index contributed by atoms with van der Waals surface area (Å²) in [4.78, 5) is 2.59. The molecule has 1 aliphatic carbocycles. The molecule has 0 spiro atoms. The van der Waals surface area contributed by atoms with Crippen LogP contribution in [0.5, 0.6) is 0 Å². The number of hydrogen-bond acceptors (Lipinski definition) is 3.